The Morgan fingerprint density at radius 3 is 2.87 bits per heavy atom. The molecule has 0 radical (unpaired) electrons. The first-order valence-corrected chi connectivity index (χ1v) is 4.36. The predicted octanol–water partition coefficient (Wildman–Crippen LogP) is 0.648. The molecule has 0 aliphatic rings. The Balaban J connectivity index is 2.90. The predicted molar refractivity (Wildman–Crippen MR) is 55.2 cm³/mol. The van der Waals surface area contributed by atoms with Gasteiger partial charge in [-0.3, -0.25) is 4.79 Å². The van der Waals surface area contributed by atoms with Gasteiger partial charge in [-0.05, 0) is 0 Å². The monoisotopic (exact) mass is 206 g/mol. The first kappa shape index (κ1) is 9.51. The number of fused-ring (bicyclic) bond motifs is 1. The van der Waals surface area contributed by atoms with Crippen LogP contribution in [0.15, 0.2) is 23.1 Å². The maximum atomic E-state index is 11.4. The van der Waals surface area contributed by atoms with Gasteiger partial charge in [0.1, 0.15) is 5.75 Å². The van der Waals surface area contributed by atoms with Crippen LogP contribution < -0.4 is 10.3 Å². The van der Waals surface area contributed by atoms with Crippen LogP contribution in [0.25, 0.3) is 10.9 Å². The molecule has 2 rings (SSSR count). The summed E-state index contributed by atoms with van der Waals surface area (Å²) in [4.78, 5) is 15.3. The lowest BCUT2D eigenvalue weighted by molar-refractivity contribution is 0.398. The quantitative estimate of drug-likeness (QED) is 0.744. The number of nitrogens with zero attached hydrogens (tertiary/aromatic N) is 2. The summed E-state index contributed by atoms with van der Waals surface area (Å²) in [5.74, 6) is 0.338. The molecule has 1 N–H and O–H groups in total. The number of ether oxygens (including phenoxy) is 1. The molecule has 2 aromatic heterocycles. The lowest BCUT2D eigenvalue weighted by atomic mass is 10.2. The molecular weight excluding hydrogens is 196 g/mol. The Labute approximate surface area is 85.6 Å². The normalized spacial score (nSPS) is 10.5. The van der Waals surface area contributed by atoms with Crippen molar-refractivity contribution in [2.75, 3.05) is 7.11 Å². The summed E-state index contributed by atoms with van der Waals surface area (Å²) < 4.78 is 6.36. The van der Waals surface area contributed by atoms with Crippen molar-refractivity contribution < 1.29 is 9.84 Å². The molecule has 15 heavy (non-hydrogen) atoms. The molecular formula is C10H10N2O3. The van der Waals surface area contributed by atoms with Gasteiger partial charge in [-0.1, -0.05) is 0 Å². The van der Waals surface area contributed by atoms with Gasteiger partial charge in [-0.25, -0.2) is 4.98 Å². The third-order valence-corrected chi connectivity index (χ3v) is 2.30. The number of aromatic hydroxyl groups is 1. The maximum Gasteiger partial charge on any atom is 0.254 e. The van der Waals surface area contributed by atoms with E-state index in [0.717, 1.165) is 0 Å². The molecule has 0 aliphatic carbocycles. The van der Waals surface area contributed by atoms with E-state index in [-0.39, 0.29) is 11.3 Å². The molecule has 0 fully saturated rings. The highest BCUT2D eigenvalue weighted by Gasteiger charge is 2.07. The molecule has 0 atom stereocenters. The van der Waals surface area contributed by atoms with E-state index in [0.29, 0.717) is 16.8 Å². The van der Waals surface area contributed by atoms with Crippen molar-refractivity contribution >= 4 is 10.9 Å². The summed E-state index contributed by atoms with van der Waals surface area (Å²) in [6.45, 7) is 0. The van der Waals surface area contributed by atoms with Crippen LogP contribution in [0, 0.1) is 0 Å². The summed E-state index contributed by atoms with van der Waals surface area (Å²) in [6, 6.07) is 2.76. The van der Waals surface area contributed by atoms with E-state index < -0.39 is 0 Å². The van der Waals surface area contributed by atoms with Gasteiger partial charge in [0.15, 0.2) is 0 Å². The van der Waals surface area contributed by atoms with Crippen molar-refractivity contribution in [1.29, 1.82) is 0 Å². The van der Waals surface area contributed by atoms with Crippen LogP contribution in [-0.2, 0) is 7.05 Å². The fourth-order valence-corrected chi connectivity index (χ4v) is 1.42. The van der Waals surface area contributed by atoms with E-state index in [1.54, 1.807) is 13.1 Å². The van der Waals surface area contributed by atoms with E-state index in [2.05, 4.69) is 4.98 Å². The highest BCUT2D eigenvalue weighted by Crippen LogP contribution is 2.24. The highest BCUT2D eigenvalue weighted by molar-refractivity contribution is 5.85. The Hall–Kier alpha value is -2.04. The van der Waals surface area contributed by atoms with Crippen molar-refractivity contribution in [2.24, 2.45) is 7.05 Å². The molecule has 0 saturated heterocycles. The zero-order valence-electron chi connectivity index (χ0n) is 8.39. The molecule has 2 heterocycles. The number of methoxy groups -OCH3 is 1. The lowest BCUT2D eigenvalue weighted by Crippen LogP contribution is -2.15. The molecule has 0 amide bonds. The molecule has 5 nitrogen and oxygen atoms in total. The summed E-state index contributed by atoms with van der Waals surface area (Å²) in [7, 11) is 3.12. The van der Waals surface area contributed by atoms with Gasteiger partial charge in [0, 0.05) is 24.6 Å². The maximum absolute atomic E-state index is 11.4. The number of rotatable bonds is 1. The minimum Gasteiger partial charge on any atom is -0.507 e. The average molecular weight is 206 g/mol. The van der Waals surface area contributed by atoms with Crippen LogP contribution in [0.5, 0.6) is 11.6 Å². The largest absolute Gasteiger partial charge is 0.507 e. The van der Waals surface area contributed by atoms with Crippen molar-refractivity contribution in [1.82, 2.24) is 9.55 Å². The minimum atomic E-state index is -0.271. The van der Waals surface area contributed by atoms with Crippen LogP contribution in [0.3, 0.4) is 0 Å². The summed E-state index contributed by atoms with van der Waals surface area (Å²) in [5.41, 5.74) is 0.299. The summed E-state index contributed by atoms with van der Waals surface area (Å²) >= 11 is 0. The van der Waals surface area contributed by atoms with Crippen molar-refractivity contribution in [2.45, 2.75) is 0 Å². The number of aryl methyl sites for hydroxylation is 1. The minimum absolute atomic E-state index is 0.0613. The van der Waals surface area contributed by atoms with E-state index >= 15 is 0 Å². The zero-order valence-corrected chi connectivity index (χ0v) is 8.39. The average Bonchev–Trinajstić information content (AvgIpc) is 2.25. The van der Waals surface area contributed by atoms with Crippen molar-refractivity contribution in [3.63, 3.8) is 0 Å². The van der Waals surface area contributed by atoms with E-state index in [1.165, 1.54) is 23.9 Å². The number of hydrogen-bond donors (Lipinski definition) is 1. The van der Waals surface area contributed by atoms with Gasteiger partial charge in [0.25, 0.3) is 5.56 Å². The van der Waals surface area contributed by atoms with Gasteiger partial charge in [0.05, 0.1) is 18.8 Å². The molecule has 2 aromatic rings. The second kappa shape index (κ2) is 3.27. The van der Waals surface area contributed by atoms with Gasteiger partial charge in [0.2, 0.25) is 5.88 Å². The lowest BCUT2D eigenvalue weighted by Gasteiger charge is -2.06. The van der Waals surface area contributed by atoms with Crippen LogP contribution in [0.2, 0.25) is 0 Å². The topological polar surface area (TPSA) is 64.3 Å². The zero-order chi connectivity index (χ0) is 11.0. The second-order valence-electron chi connectivity index (χ2n) is 3.17. The van der Waals surface area contributed by atoms with Crippen LogP contribution in [0.1, 0.15) is 0 Å². The first-order chi connectivity index (χ1) is 7.13. The molecule has 0 saturated carbocycles. The summed E-state index contributed by atoms with van der Waals surface area (Å²) in [5, 5.41) is 10.1. The Bertz CT molecular complexity index is 575. The molecule has 0 bridgehead atoms. The van der Waals surface area contributed by atoms with Crippen molar-refractivity contribution in [3.05, 3.63) is 28.7 Å². The number of pyridine rings is 2. The Morgan fingerprint density at radius 2 is 2.20 bits per heavy atom. The Kier molecular flexibility index (Phi) is 2.07. The number of hydrogen-bond acceptors (Lipinski definition) is 4. The molecule has 78 valence electrons. The number of aromatic nitrogens is 2. The van der Waals surface area contributed by atoms with Crippen LogP contribution in [-0.4, -0.2) is 21.8 Å². The molecule has 0 aliphatic heterocycles. The van der Waals surface area contributed by atoms with Gasteiger partial charge < -0.3 is 14.4 Å². The molecule has 0 unspecified atom stereocenters. The fourth-order valence-electron chi connectivity index (χ4n) is 1.42. The Morgan fingerprint density at radius 1 is 1.47 bits per heavy atom. The SMILES string of the molecule is COc1cc2c(O)cc(=O)n(C)c2cn1. The van der Waals surface area contributed by atoms with E-state index in [1.807, 2.05) is 0 Å². The van der Waals surface area contributed by atoms with Gasteiger partial charge in [-0.2, -0.15) is 0 Å². The van der Waals surface area contributed by atoms with Gasteiger partial charge in [-0.15, -0.1) is 0 Å². The van der Waals surface area contributed by atoms with Crippen LogP contribution >= 0.6 is 0 Å². The van der Waals surface area contributed by atoms with Crippen molar-refractivity contribution in [3.8, 4) is 11.6 Å². The summed E-state index contributed by atoms with van der Waals surface area (Å²) in [6.07, 6.45) is 1.50. The van der Waals surface area contributed by atoms with E-state index in [9.17, 15) is 9.90 Å². The molecule has 0 spiro atoms. The smallest absolute Gasteiger partial charge is 0.254 e. The third kappa shape index (κ3) is 1.41. The van der Waals surface area contributed by atoms with Gasteiger partial charge >= 0.3 is 0 Å². The van der Waals surface area contributed by atoms with Crippen LogP contribution in [0.4, 0.5) is 0 Å². The molecule has 0 aromatic carbocycles. The first-order valence-electron chi connectivity index (χ1n) is 4.36. The fraction of sp³-hybridized carbons (Fsp3) is 0.200. The second-order valence-corrected chi connectivity index (χ2v) is 3.17. The van der Waals surface area contributed by atoms with E-state index in [4.69, 9.17) is 4.74 Å². The molecule has 5 heteroatoms. The third-order valence-electron chi connectivity index (χ3n) is 2.30. The standard InChI is InChI=1S/C10H10N2O3/c1-12-7-5-11-9(15-2)3-6(7)8(13)4-10(12)14/h3-5,13H,1-2H3. The highest BCUT2D eigenvalue weighted by atomic mass is 16.5.